The first kappa shape index (κ1) is 40.2. The molecule has 2 nitrogen and oxygen atoms in total. The van der Waals surface area contributed by atoms with Gasteiger partial charge in [0, 0.05) is 43.0 Å². The Balaban J connectivity index is 1.27. The number of thiophene rings is 1. The number of rotatable bonds is 3. The Morgan fingerprint density at radius 3 is 1.81 bits per heavy atom. The number of anilines is 6. The zero-order chi connectivity index (χ0) is 44.0. The summed E-state index contributed by atoms with van der Waals surface area (Å²) in [4.78, 5) is 5.31. The molecule has 0 spiro atoms. The van der Waals surface area contributed by atoms with Crippen LogP contribution in [0.4, 0.5) is 34.1 Å². The maximum Gasteiger partial charge on any atom is 0.264 e. The third-order valence-electron chi connectivity index (χ3n) is 14.9. The molecule has 0 radical (unpaired) electrons. The first-order valence-electron chi connectivity index (χ1n) is 23.1. The van der Waals surface area contributed by atoms with Gasteiger partial charge in [0.2, 0.25) is 0 Å². The molecular formula is C59H59BN2S. The molecule has 8 aromatic rings. The Bertz CT molecular complexity index is 3160. The maximum absolute atomic E-state index is 2.68. The van der Waals surface area contributed by atoms with Crippen LogP contribution in [0.15, 0.2) is 133 Å². The van der Waals surface area contributed by atoms with Crippen molar-refractivity contribution in [3.63, 3.8) is 0 Å². The molecule has 0 unspecified atom stereocenters. The van der Waals surface area contributed by atoms with Crippen molar-refractivity contribution in [1.29, 1.82) is 0 Å². The van der Waals surface area contributed by atoms with E-state index in [-0.39, 0.29) is 28.4 Å². The summed E-state index contributed by atoms with van der Waals surface area (Å²) in [5.74, 6) is 0. The molecule has 0 N–H and O–H groups in total. The van der Waals surface area contributed by atoms with Crippen molar-refractivity contribution in [3.05, 3.63) is 161 Å². The minimum Gasteiger partial charge on any atom is -0.311 e. The third-order valence-corrected chi connectivity index (χ3v) is 16.1. The van der Waals surface area contributed by atoms with Crippen molar-refractivity contribution in [3.8, 4) is 11.1 Å². The van der Waals surface area contributed by atoms with E-state index in [1.807, 2.05) is 11.3 Å². The molecule has 0 saturated heterocycles. The highest BCUT2D eigenvalue weighted by Crippen LogP contribution is 2.53. The Morgan fingerprint density at radius 1 is 0.540 bits per heavy atom. The van der Waals surface area contributed by atoms with E-state index in [1.165, 1.54) is 122 Å². The molecule has 0 fully saturated rings. The largest absolute Gasteiger partial charge is 0.311 e. The Kier molecular flexibility index (Phi) is 8.75. The van der Waals surface area contributed by atoms with E-state index in [4.69, 9.17) is 0 Å². The molecule has 2 aliphatic heterocycles. The van der Waals surface area contributed by atoms with Crippen molar-refractivity contribution >= 4 is 88.7 Å². The highest BCUT2D eigenvalue weighted by atomic mass is 32.1. The predicted octanol–water partition coefficient (Wildman–Crippen LogP) is 15.1. The third kappa shape index (κ3) is 6.18. The van der Waals surface area contributed by atoms with Crippen LogP contribution in [0.1, 0.15) is 110 Å². The number of nitrogens with zero attached hydrogens (tertiary/aromatic N) is 2. The number of aryl methyl sites for hydroxylation is 1. The van der Waals surface area contributed by atoms with E-state index in [0.29, 0.717) is 0 Å². The Hall–Kier alpha value is -5.58. The summed E-state index contributed by atoms with van der Waals surface area (Å²) in [6.45, 7) is 26.2. The van der Waals surface area contributed by atoms with Gasteiger partial charge in [0.25, 0.3) is 6.71 Å². The summed E-state index contributed by atoms with van der Waals surface area (Å²) >= 11 is 2.01. The lowest BCUT2D eigenvalue weighted by Crippen LogP contribution is -2.61. The summed E-state index contributed by atoms with van der Waals surface area (Å²) in [6.07, 6.45) is 2.36. The van der Waals surface area contributed by atoms with Crippen LogP contribution in [0.2, 0.25) is 0 Å². The molecule has 3 heterocycles. The maximum atomic E-state index is 2.68. The van der Waals surface area contributed by atoms with E-state index in [0.717, 1.165) is 0 Å². The van der Waals surface area contributed by atoms with Crippen molar-refractivity contribution in [1.82, 2.24) is 0 Å². The van der Waals surface area contributed by atoms with Crippen LogP contribution in [-0.2, 0) is 21.7 Å². The van der Waals surface area contributed by atoms with Gasteiger partial charge in [-0.3, -0.25) is 0 Å². The second-order valence-corrected chi connectivity index (χ2v) is 23.2. The van der Waals surface area contributed by atoms with Gasteiger partial charge in [0.15, 0.2) is 0 Å². The van der Waals surface area contributed by atoms with Crippen LogP contribution < -0.4 is 25.5 Å². The monoisotopic (exact) mass is 838 g/mol. The fourth-order valence-electron chi connectivity index (χ4n) is 11.1. The average Bonchev–Trinajstić information content (AvgIpc) is 3.63. The average molecular weight is 839 g/mol. The highest BCUT2D eigenvalue weighted by molar-refractivity contribution is 7.33. The normalized spacial score (nSPS) is 16.2. The van der Waals surface area contributed by atoms with Crippen molar-refractivity contribution < 1.29 is 0 Å². The fraction of sp³-hybridized carbons (Fsp3) is 0.288. The van der Waals surface area contributed by atoms with Crippen LogP contribution >= 0.6 is 11.3 Å². The first-order valence-corrected chi connectivity index (χ1v) is 23.9. The van der Waals surface area contributed by atoms with Gasteiger partial charge in [-0.15, -0.1) is 11.3 Å². The standard InChI is InChI=1S/C59H59BN2S/c1-36-31-50-53-51(32-36)62(48-27-26-41(37-17-13-12-14-18-37)42-19-15-16-20-43(42)48)54-44-33-39(57(5,6)7)23-28-52(44)63-55(54)60(53)47-34-45-46(59(10,11)30-29-58(45,8)9)35-49(47)61(50)40-24-21-38(22-25-40)56(2,3)4/h12-28,31-35H,29-30H2,1-11H3. The molecular weight excluding hydrogens is 780 g/mol. The van der Waals surface area contributed by atoms with Crippen molar-refractivity contribution in [2.75, 3.05) is 9.80 Å². The second-order valence-electron chi connectivity index (χ2n) is 22.2. The lowest BCUT2D eigenvalue weighted by atomic mass is 9.35. The van der Waals surface area contributed by atoms with E-state index in [1.54, 1.807) is 0 Å². The zero-order valence-electron chi connectivity index (χ0n) is 39.0. The number of benzene rings is 7. The van der Waals surface area contributed by atoms with E-state index >= 15 is 0 Å². The topological polar surface area (TPSA) is 6.48 Å². The summed E-state index contributed by atoms with van der Waals surface area (Å²) in [5.41, 5.74) is 20.2. The Labute approximate surface area is 379 Å². The van der Waals surface area contributed by atoms with Gasteiger partial charge >= 0.3 is 0 Å². The minimum atomic E-state index is 0.00608. The van der Waals surface area contributed by atoms with Gasteiger partial charge in [0.05, 0.1) is 11.4 Å². The predicted molar refractivity (Wildman–Crippen MR) is 276 cm³/mol. The molecule has 0 amide bonds. The quantitative estimate of drug-likeness (QED) is 0.164. The lowest BCUT2D eigenvalue weighted by molar-refractivity contribution is 0.332. The van der Waals surface area contributed by atoms with Crippen LogP contribution in [0, 0.1) is 6.92 Å². The van der Waals surface area contributed by atoms with E-state index < -0.39 is 0 Å². The minimum absolute atomic E-state index is 0.00608. The van der Waals surface area contributed by atoms with Gasteiger partial charge in [-0.25, -0.2) is 0 Å². The molecule has 0 atom stereocenters. The number of hydrogen-bond donors (Lipinski definition) is 0. The molecule has 1 aromatic heterocycles. The highest BCUT2D eigenvalue weighted by Gasteiger charge is 2.48. The summed E-state index contributed by atoms with van der Waals surface area (Å²) in [6, 6.07) is 51.8. The molecule has 63 heavy (non-hydrogen) atoms. The van der Waals surface area contributed by atoms with Crippen LogP contribution in [-0.4, -0.2) is 6.71 Å². The second kappa shape index (κ2) is 13.7. The molecule has 0 saturated carbocycles. The number of hydrogen-bond acceptors (Lipinski definition) is 3. The van der Waals surface area contributed by atoms with Gasteiger partial charge in [-0.2, -0.15) is 0 Å². The van der Waals surface area contributed by atoms with E-state index in [9.17, 15) is 0 Å². The molecule has 0 bridgehead atoms. The summed E-state index contributed by atoms with van der Waals surface area (Å²) in [7, 11) is 0. The SMILES string of the molecule is Cc1cc2c3c(c1)N(c1ccc(-c4ccccc4)c4ccccc14)c1c(sc4ccc(C(C)(C)C)cc14)B3c1cc3c(cc1N2c1ccc(C(C)(C)C)cc1)C(C)(C)CCC3(C)C. The molecule has 3 aliphatic rings. The summed E-state index contributed by atoms with van der Waals surface area (Å²) in [5, 5.41) is 3.87. The molecule has 314 valence electrons. The number of fused-ring (bicyclic) bond motifs is 8. The van der Waals surface area contributed by atoms with Crippen molar-refractivity contribution in [2.24, 2.45) is 0 Å². The van der Waals surface area contributed by atoms with Gasteiger partial charge < -0.3 is 9.80 Å². The zero-order valence-corrected chi connectivity index (χ0v) is 39.8. The van der Waals surface area contributed by atoms with Crippen LogP contribution in [0.5, 0.6) is 0 Å². The fourth-order valence-corrected chi connectivity index (χ4v) is 12.4. The van der Waals surface area contributed by atoms with E-state index in [2.05, 4.69) is 219 Å². The van der Waals surface area contributed by atoms with Crippen LogP contribution in [0.25, 0.3) is 32.0 Å². The van der Waals surface area contributed by atoms with Gasteiger partial charge in [0.1, 0.15) is 0 Å². The van der Waals surface area contributed by atoms with Gasteiger partial charge in [-0.1, -0.05) is 154 Å². The Morgan fingerprint density at radius 2 is 1.14 bits per heavy atom. The lowest BCUT2D eigenvalue weighted by Gasteiger charge is -2.47. The van der Waals surface area contributed by atoms with Gasteiger partial charge in [-0.05, 0) is 145 Å². The first-order chi connectivity index (χ1) is 29.9. The van der Waals surface area contributed by atoms with Crippen molar-refractivity contribution in [2.45, 2.75) is 111 Å². The van der Waals surface area contributed by atoms with Crippen LogP contribution in [0.3, 0.4) is 0 Å². The molecule has 11 rings (SSSR count). The molecule has 7 aromatic carbocycles. The summed E-state index contributed by atoms with van der Waals surface area (Å²) < 4.78 is 2.78. The molecule has 1 aliphatic carbocycles. The smallest absolute Gasteiger partial charge is 0.264 e. The molecule has 4 heteroatoms.